The molecule has 5 nitrogen and oxygen atoms in total. The van der Waals surface area contributed by atoms with Crippen molar-refractivity contribution >= 4 is 18.4 Å². The third kappa shape index (κ3) is 6.55. The Balaban J connectivity index is 0.000000169. The summed E-state index contributed by atoms with van der Waals surface area (Å²) in [5, 5.41) is -0.110. The van der Waals surface area contributed by atoms with Gasteiger partial charge in [-0.25, -0.2) is 9.98 Å². The summed E-state index contributed by atoms with van der Waals surface area (Å²) in [6.45, 7) is 0. The Morgan fingerprint density at radius 2 is 1.71 bits per heavy atom. The maximum atomic E-state index is 6.69. The van der Waals surface area contributed by atoms with E-state index in [0.29, 0.717) is 0 Å². The molecule has 1 aliphatic rings. The molecule has 0 bridgehead atoms. The number of ether oxygens (including phenoxy) is 1. The van der Waals surface area contributed by atoms with Crippen LogP contribution in [0.25, 0.3) is 1.43 Å². The molecule has 0 fully saturated rings. The molecular weight excluding hydrogens is 370 g/mol. The topological polar surface area (TPSA) is 70.5 Å². The number of benzene rings is 2. The second-order valence-electron chi connectivity index (χ2n) is 6.50. The van der Waals surface area contributed by atoms with Crippen LogP contribution in [0.1, 0.15) is 23.2 Å². The largest absolute Gasteiger partial charge is 0.477 e. The number of nitrogens with one attached hydrogen (secondary N) is 1. The quantitative estimate of drug-likeness (QED) is 0.537. The minimum Gasteiger partial charge on any atom is -0.477 e. The highest BCUT2D eigenvalue weighted by Crippen LogP contribution is 2.23. The second kappa shape index (κ2) is 11.3. The number of nitrogens with zero attached hydrogens (tertiary/aromatic N) is 2. The monoisotopic (exact) mass is 397 g/mol. The first-order valence-corrected chi connectivity index (χ1v) is 10.2. The van der Waals surface area contributed by atoms with Crippen LogP contribution >= 0.6 is 12.0 Å². The van der Waals surface area contributed by atoms with Gasteiger partial charge in [0.05, 0.1) is 6.33 Å². The van der Waals surface area contributed by atoms with E-state index in [4.69, 9.17) is 6.17 Å². The smallest absolute Gasteiger partial charge is 0.229 e. The summed E-state index contributed by atoms with van der Waals surface area (Å²) in [7, 11) is 0. The van der Waals surface area contributed by atoms with E-state index in [1.807, 2.05) is 30.5 Å². The summed E-state index contributed by atoms with van der Waals surface area (Å²) in [5.41, 5.74) is 3.86. The molecule has 2 N–H and O–H groups in total. The fraction of sp³-hybridized carbons (Fsp3) is 0.273. The Kier molecular flexibility index (Phi) is 7.59. The van der Waals surface area contributed by atoms with Gasteiger partial charge in [-0.15, -0.1) is 0 Å². The molecular formula is C22H25N3O2S. The van der Waals surface area contributed by atoms with E-state index in [-0.39, 0.29) is 11.5 Å². The second-order valence-corrected chi connectivity index (χ2v) is 7.18. The van der Waals surface area contributed by atoms with Crippen LogP contribution in [0.5, 0.6) is 0 Å². The zero-order chi connectivity index (χ0) is 20.2. The highest BCUT2D eigenvalue weighted by atomic mass is 32.2. The van der Waals surface area contributed by atoms with E-state index in [0.717, 1.165) is 37.7 Å². The predicted molar refractivity (Wildman–Crippen MR) is 115 cm³/mol. The van der Waals surface area contributed by atoms with Crippen molar-refractivity contribution in [2.24, 2.45) is 4.99 Å². The van der Waals surface area contributed by atoms with Crippen molar-refractivity contribution in [2.75, 3.05) is 0 Å². The van der Waals surface area contributed by atoms with Crippen LogP contribution in [0.4, 0.5) is 0 Å². The predicted octanol–water partition coefficient (Wildman–Crippen LogP) is 4.77. The minimum atomic E-state index is -0.110. The number of aryl methyl sites for hydroxylation is 3. The van der Waals surface area contributed by atoms with Crippen molar-refractivity contribution in [3.8, 4) is 0 Å². The van der Waals surface area contributed by atoms with Gasteiger partial charge in [0.1, 0.15) is 6.10 Å². The van der Waals surface area contributed by atoms with Gasteiger partial charge in [-0.3, -0.25) is 0 Å². The number of aromatic nitrogens is 2. The third-order valence-electron chi connectivity index (χ3n) is 4.50. The maximum Gasteiger partial charge on any atom is 0.229 e. The van der Waals surface area contributed by atoms with Crippen LogP contribution in [0.2, 0.25) is 0 Å². The van der Waals surface area contributed by atoms with Gasteiger partial charge in [0, 0.05) is 23.9 Å². The van der Waals surface area contributed by atoms with Gasteiger partial charge in [0.25, 0.3) is 0 Å². The van der Waals surface area contributed by atoms with E-state index in [9.17, 15) is 0 Å². The van der Waals surface area contributed by atoms with Gasteiger partial charge in [0.15, 0.2) is 11.8 Å². The Morgan fingerprint density at radius 1 is 1.00 bits per heavy atom. The molecule has 2 atom stereocenters. The van der Waals surface area contributed by atoms with Gasteiger partial charge >= 0.3 is 0 Å². The molecule has 3 aromatic rings. The molecule has 28 heavy (non-hydrogen) atoms. The number of rotatable bonds is 8. The Labute approximate surface area is 171 Å². The normalized spacial score (nSPS) is 18.1. The Morgan fingerprint density at radius 3 is 2.36 bits per heavy atom. The summed E-state index contributed by atoms with van der Waals surface area (Å²) in [4.78, 5) is 11.2. The third-order valence-corrected chi connectivity index (χ3v) is 5.12. The molecule has 0 amide bonds. The molecule has 0 saturated heterocycles. The summed E-state index contributed by atoms with van der Waals surface area (Å²) >= 11 is 1.03. The van der Waals surface area contributed by atoms with E-state index < -0.39 is 0 Å². The van der Waals surface area contributed by atoms with Gasteiger partial charge in [-0.1, -0.05) is 60.7 Å². The van der Waals surface area contributed by atoms with E-state index in [1.165, 1.54) is 23.2 Å². The van der Waals surface area contributed by atoms with Crippen molar-refractivity contribution in [3.63, 3.8) is 0 Å². The molecule has 146 valence electrons. The molecule has 1 unspecified atom stereocenters. The molecule has 2 aromatic carbocycles. The Hall–Kier alpha value is -2.57. The SMILES string of the molecule is [3H]OS[C@@H]1N=COC1CCc1ccccc1.c1ccc(CCc2cnc[nH]2)cc1. The van der Waals surface area contributed by atoms with Gasteiger partial charge in [-0.05, 0) is 36.8 Å². The molecule has 1 aromatic heterocycles. The van der Waals surface area contributed by atoms with Crippen LogP contribution in [-0.4, -0.2) is 32.4 Å². The summed E-state index contributed by atoms with van der Waals surface area (Å²) in [5.74, 6) is 0. The lowest BCUT2D eigenvalue weighted by atomic mass is 10.1. The standard InChI is InChI=1S/C11H12N2.C11H13NO2S/c1-2-4-10(5-3-1)6-7-11-8-12-9-13-11;13-15-11-10(14-8-12-11)7-6-9-4-2-1-3-5-9/h1-5,8-9H,6-7H2,(H,12,13);1-5,8,10-11,13H,6-7H2/t;10?,11-/m.0/s1/i/hT. The van der Waals surface area contributed by atoms with Gasteiger partial charge < -0.3 is 14.3 Å². The molecule has 0 radical (unpaired) electrons. The summed E-state index contributed by atoms with van der Waals surface area (Å²) in [6, 6.07) is 20.7. The fourth-order valence-electron chi connectivity index (χ4n) is 2.93. The van der Waals surface area contributed by atoms with Crippen LogP contribution < -0.4 is 0 Å². The number of H-pyrrole nitrogens is 1. The lowest BCUT2D eigenvalue weighted by molar-refractivity contribution is 0.212. The lowest BCUT2D eigenvalue weighted by Crippen LogP contribution is -2.19. The number of imidazole rings is 1. The van der Waals surface area contributed by atoms with E-state index in [1.54, 1.807) is 6.33 Å². The number of hydrogen-bond donors (Lipinski definition) is 2. The average molecular weight is 398 g/mol. The first-order chi connectivity index (χ1) is 14.3. The lowest BCUT2D eigenvalue weighted by Gasteiger charge is -2.13. The van der Waals surface area contributed by atoms with E-state index in [2.05, 4.69) is 55.9 Å². The van der Waals surface area contributed by atoms with Gasteiger partial charge in [0.2, 0.25) is 1.43 Å². The zero-order valence-corrected chi connectivity index (χ0v) is 16.4. The number of aromatic amines is 1. The Bertz CT molecular complexity index is 832. The molecule has 0 aliphatic carbocycles. The molecule has 0 saturated carbocycles. The van der Waals surface area contributed by atoms with Crippen molar-refractivity contribution in [2.45, 2.75) is 37.2 Å². The van der Waals surface area contributed by atoms with Crippen molar-refractivity contribution in [1.82, 2.24) is 9.97 Å². The number of aliphatic imine (C=N–C) groups is 1. The minimum absolute atomic E-state index is 0.00977. The molecule has 0 spiro atoms. The highest BCUT2D eigenvalue weighted by Gasteiger charge is 2.25. The molecule has 1 aliphatic heterocycles. The number of hydrogen-bond acceptors (Lipinski definition) is 5. The average Bonchev–Trinajstić information content (AvgIpc) is 3.45. The van der Waals surface area contributed by atoms with Crippen LogP contribution in [0, 0.1) is 0 Å². The fourth-order valence-corrected chi connectivity index (χ4v) is 3.36. The van der Waals surface area contributed by atoms with Crippen molar-refractivity contribution < 1.29 is 9.29 Å². The van der Waals surface area contributed by atoms with E-state index >= 15 is 0 Å². The van der Waals surface area contributed by atoms with Crippen molar-refractivity contribution in [1.29, 1.82) is 1.43 Å². The van der Waals surface area contributed by atoms with Crippen LogP contribution in [-0.2, 0) is 24.0 Å². The highest BCUT2D eigenvalue weighted by molar-refractivity contribution is 7.94. The van der Waals surface area contributed by atoms with Gasteiger partial charge in [-0.2, -0.15) is 0 Å². The summed E-state index contributed by atoms with van der Waals surface area (Å²) < 4.78 is 16.3. The van der Waals surface area contributed by atoms with Crippen molar-refractivity contribution in [3.05, 3.63) is 90.0 Å². The molecule has 2 heterocycles. The first-order valence-electron chi connectivity index (χ1n) is 9.77. The summed E-state index contributed by atoms with van der Waals surface area (Å²) in [6.07, 6.45) is 8.99. The zero-order valence-electron chi connectivity index (χ0n) is 16.6. The molecule has 4 rings (SSSR count). The maximum absolute atomic E-state index is 6.69. The van der Waals surface area contributed by atoms with Crippen LogP contribution in [0.3, 0.4) is 0 Å². The first kappa shape index (κ1) is 18.8. The van der Waals surface area contributed by atoms with Crippen LogP contribution in [0.15, 0.2) is 78.2 Å². The molecule has 6 heteroatoms.